The molecule has 1 aliphatic heterocycles. The molecule has 2 aromatic heterocycles. The van der Waals surface area contributed by atoms with Gasteiger partial charge in [-0.1, -0.05) is 12.1 Å². The number of benzene rings is 1. The molecule has 30 heavy (non-hydrogen) atoms. The second-order valence-corrected chi connectivity index (χ2v) is 7.26. The van der Waals surface area contributed by atoms with Crippen molar-refractivity contribution in [2.24, 2.45) is 0 Å². The highest BCUT2D eigenvalue weighted by atomic mass is 16.5. The summed E-state index contributed by atoms with van der Waals surface area (Å²) in [4.78, 5) is 23.7. The van der Waals surface area contributed by atoms with E-state index in [-0.39, 0.29) is 11.9 Å². The topological polar surface area (TPSA) is 77.7 Å². The van der Waals surface area contributed by atoms with Gasteiger partial charge in [0.2, 0.25) is 11.8 Å². The van der Waals surface area contributed by atoms with Crippen LogP contribution in [0.3, 0.4) is 0 Å². The molecular weight excluding hydrogens is 382 g/mol. The van der Waals surface area contributed by atoms with Crippen LogP contribution < -0.4 is 9.47 Å². The Balaban J connectivity index is 1.55. The highest BCUT2D eigenvalue weighted by Crippen LogP contribution is 2.33. The SMILES string of the molecule is COc1cccc(Cc2cnc([C@H]3CCCCN3C(=O)c3cccnc3OC)o2)c1. The highest BCUT2D eigenvalue weighted by molar-refractivity contribution is 5.96. The minimum atomic E-state index is -0.199. The zero-order valence-electron chi connectivity index (χ0n) is 17.2. The van der Waals surface area contributed by atoms with E-state index in [1.54, 1.807) is 31.6 Å². The highest BCUT2D eigenvalue weighted by Gasteiger charge is 2.33. The molecule has 0 spiro atoms. The smallest absolute Gasteiger partial charge is 0.260 e. The van der Waals surface area contributed by atoms with E-state index >= 15 is 0 Å². The normalized spacial score (nSPS) is 16.3. The summed E-state index contributed by atoms with van der Waals surface area (Å²) in [6, 6.07) is 11.1. The zero-order valence-corrected chi connectivity index (χ0v) is 17.2. The number of carbonyl (C=O) groups excluding carboxylic acids is 1. The molecule has 1 fully saturated rings. The zero-order chi connectivity index (χ0) is 20.9. The van der Waals surface area contributed by atoms with Crippen molar-refractivity contribution >= 4 is 5.91 Å². The van der Waals surface area contributed by atoms with Gasteiger partial charge in [-0.15, -0.1) is 0 Å². The van der Waals surface area contributed by atoms with Crippen LogP contribution in [-0.4, -0.2) is 41.5 Å². The quantitative estimate of drug-likeness (QED) is 0.614. The maximum Gasteiger partial charge on any atom is 0.260 e. The van der Waals surface area contributed by atoms with Gasteiger partial charge < -0.3 is 18.8 Å². The molecule has 0 aliphatic carbocycles. The third-order valence-corrected chi connectivity index (χ3v) is 5.33. The van der Waals surface area contributed by atoms with E-state index in [2.05, 4.69) is 9.97 Å². The van der Waals surface area contributed by atoms with Gasteiger partial charge in [0.1, 0.15) is 23.1 Å². The van der Waals surface area contributed by atoms with Crippen LogP contribution in [0, 0.1) is 0 Å². The van der Waals surface area contributed by atoms with E-state index in [4.69, 9.17) is 13.9 Å². The number of amides is 1. The molecule has 0 bridgehead atoms. The molecule has 0 radical (unpaired) electrons. The van der Waals surface area contributed by atoms with Crippen molar-refractivity contribution < 1.29 is 18.7 Å². The number of pyridine rings is 1. The minimum absolute atomic E-state index is 0.114. The molecule has 3 aromatic rings. The fourth-order valence-corrected chi connectivity index (χ4v) is 3.84. The molecule has 0 N–H and O–H groups in total. The number of hydrogen-bond donors (Lipinski definition) is 0. The van der Waals surface area contributed by atoms with E-state index < -0.39 is 0 Å². The monoisotopic (exact) mass is 407 g/mol. The van der Waals surface area contributed by atoms with Crippen LogP contribution in [0.4, 0.5) is 0 Å². The Kier molecular flexibility index (Phi) is 5.97. The number of piperidine rings is 1. The largest absolute Gasteiger partial charge is 0.497 e. The molecular formula is C23H25N3O4. The first-order valence-corrected chi connectivity index (χ1v) is 10.1. The lowest BCUT2D eigenvalue weighted by Crippen LogP contribution is -2.38. The van der Waals surface area contributed by atoms with Crippen LogP contribution in [0.15, 0.2) is 53.2 Å². The Hall–Kier alpha value is -3.35. The molecule has 1 aromatic carbocycles. The van der Waals surface area contributed by atoms with Crippen LogP contribution >= 0.6 is 0 Å². The van der Waals surface area contributed by atoms with Crippen molar-refractivity contribution in [2.75, 3.05) is 20.8 Å². The van der Waals surface area contributed by atoms with Crippen LogP contribution in [0.1, 0.15) is 52.9 Å². The van der Waals surface area contributed by atoms with Crippen molar-refractivity contribution in [3.63, 3.8) is 0 Å². The molecule has 1 saturated heterocycles. The molecule has 1 atom stereocenters. The molecule has 1 aliphatic rings. The Morgan fingerprint density at radius 3 is 2.90 bits per heavy atom. The maximum absolute atomic E-state index is 13.3. The Bertz CT molecular complexity index is 1020. The van der Waals surface area contributed by atoms with Gasteiger partial charge in [-0.3, -0.25) is 4.79 Å². The molecule has 7 nitrogen and oxygen atoms in total. The first-order valence-electron chi connectivity index (χ1n) is 10.1. The number of oxazole rings is 1. The number of hydrogen-bond acceptors (Lipinski definition) is 6. The maximum atomic E-state index is 13.3. The van der Waals surface area contributed by atoms with Gasteiger partial charge in [-0.25, -0.2) is 9.97 Å². The van der Waals surface area contributed by atoms with Gasteiger partial charge in [0.25, 0.3) is 5.91 Å². The van der Waals surface area contributed by atoms with Crippen molar-refractivity contribution in [1.82, 2.24) is 14.9 Å². The predicted octanol–water partition coefficient (Wildman–Crippen LogP) is 4.05. The lowest BCUT2D eigenvalue weighted by atomic mass is 10.0. The number of rotatable bonds is 6. The number of aromatic nitrogens is 2. The molecule has 7 heteroatoms. The van der Waals surface area contributed by atoms with E-state index in [0.717, 1.165) is 36.3 Å². The first-order chi connectivity index (χ1) is 14.7. The Labute approximate surface area is 175 Å². The summed E-state index contributed by atoms with van der Waals surface area (Å²) in [5.74, 6) is 2.36. The number of ether oxygens (including phenoxy) is 2. The van der Waals surface area contributed by atoms with Crippen molar-refractivity contribution in [3.8, 4) is 11.6 Å². The lowest BCUT2D eigenvalue weighted by molar-refractivity contribution is 0.0566. The van der Waals surface area contributed by atoms with Crippen molar-refractivity contribution in [2.45, 2.75) is 31.7 Å². The molecule has 1 amide bonds. The van der Waals surface area contributed by atoms with Gasteiger partial charge in [0, 0.05) is 19.2 Å². The Morgan fingerprint density at radius 1 is 1.17 bits per heavy atom. The summed E-state index contributed by atoms with van der Waals surface area (Å²) in [5, 5.41) is 0. The van der Waals surface area contributed by atoms with Gasteiger partial charge in [0.05, 0.1) is 20.4 Å². The minimum Gasteiger partial charge on any atom is -0.497 e. The molecule has 3 heterocycles. The number of likely N-dealkylation sites (tertiary alicyclic amines) is 1. The summed E-state index contributed by atoms with van der Waals surface area (Å²) < 4.78 is 16.6. The second kappa shape index (κ2) is 8.98. The average Bonchev–Trinajstić information content (AvgIpc) is 3.27. The summed E-state index contributed by atoms with van der Waals surface area (Å²) in [6.45, 7) is 0.648. The van der Waals surface area contributed by atoms with Crippen LogP contribution in [0.2, 0.25) is 0 Å². The summed E-state index contributed by atoms with van der Waals surface area (Å²) >= 11 is 0. The van der Waals surface area contributed by atoms with Gasteiger partial charge in [0.15, 0.2) is 0 Å². The lowest BCUT2D eigenvalue weighted by Gasteiger charge is -2.34. The fourth-order valence-electron chi connectivity index (χ4n) is 3.84. The number of methoxy groups -OCH3 is 2. The van der Waals surface area contributed by atoms with E-state index in [0.29, 0.717) is 30.3 Å². The fraction of sp³-hybridized carbons (Fsp3) is 0.348. The third-order valence-electron chi connectivity index (χ3n) is 5.33. The van der Waals surface area contributed by atoms with Gasteiger partial charge in [-0.05, 0) is 49.1 Å². The van der Waals surface area contributed by atoms with Gasteiger partial charge >= 0.3 is 0 Å². The number of nitrogens with zero attached hydrogens (tertiary/aromatic N) is 3. The number of carbonyl (C=O) groups is 1. The average molecular weight is 407 g/mol. The standard InChI is InChI=1S/C23H25N3O4/c1-28-17-8-5-7-16(13-17)14-18-15-25-22(30-18)20-10-3-4-12-26(20)23(27)19-9-6-11-24-21(19)29-2/h5-9,11,13,15,20H,3-4,10,12,14H2,1-2H3/t20-/m1/s1. The second-order valence-electron chi connectivity index (χ2n) is 7.26. The molecule has 4 rings (SSSR count). The van der Waals surface area contributed by atoms with Crippen molar-refractivity contribution in [3.05, 3.63) is 71.6 Å². The van der Waals surface area contributed by atoms with Crippen molar-refractivity contribution in [1.29, 1.82) is 0 Å². The summed E-state index contributed by atoms with van der Waals surface area (Å²) in [5.41, 5.74) is 1.53. The van der Waals surface area contributed by atoms with E-state index in [9.17, 15) is 4.79 Å². The third kappa shape index (κ3) is 4.15. The molecule has 0 unspecified atom stereocenters. The molecule has 156 valence electrons. The first kappa shape index (κ1) is 19.9. The predicted molar refractivity (Wildman–Crippen MR) is 111 cm³/mol. The van der Waals surface area contributed by atoms with E-state index in [1.807, 2.05) is 29.2 Å². The Morgan fingerprint density at radius 2 is 2.07 bits per heavy atom. The van der Waals surface area contributed by atoms with E-state index in [1.165, 1.54) is 7.11 Å². The van der Waals surface area contributed by atoms with Gasteiger partial charge in [-0.2, -0.15) is 0 Å². The molecule has 0 saturated carbocycles. The summed E-state index contributed by atoms with van der Waals surface area (Å²) in [6.07, 6.45) is 6.75. The van der Waals surface area contributed by atoms with Crippen LogP contribution in [0.25, 0.3) is 0 Å². The van der Waals surface area contributed by atoms with Crippen LogP contribution in [0.5, 0.6) is 11.6 Å². The van der Waals surface area contributed by atoms with Crippen LogP contribution in [-0.2, 0) is 6.42 Å². The summed E-state index contributed by atoms with van der Waals surface area (Å²) in [7, 11) is 3.17.